The number of rotatable bonds is 9. The van der Waals surface area contributed by atoms with E-state index in [1.807, 2.05) is 18.0 Å². The Morgan fingerprint density at radius 2 is 1.78 bits per heavy atom. The molecule has 37 heavy (non-hydrogen) atoms. The van der Waals surface area contributed by atoms with Crippen molar-refractivity contribution in [2.24, 2.45) is 7.05 Å². The van der Waals surface area contributed by atoms with Gasteiger partial charge in [-0.05, 0) is 32.0 Å². The predicted octanol–water partition coefficient (Wildman–Crippen LogP) is 2.83. The van der Waals surface area contributed by atoms with Crippen LogP contribution in [-0.2, 0) is 24.9 Å². The highest BCUT2D eigenvalue weighted by Gasteiger charge is 2.20. The Balaban J connectivity index is 1.32. The van der Waals surface area contributed by atoms with E-state index in [0.717, 1.165) is 31.9 Å². The van der Waals surface area contributed by atoms with Gasteiger partial charge in [0, 0.05) is 51.4 Å². The molecule has 0 saturated carbocycles. The minimum Gasteiger partial charge on any atom is -0.494 e. The Kier molecular flexibility index (Phi) is 8.17. The van der Waals surface area contributed by atoms with Crippen molar-refractivity contribution in [1.29, 1.82) is 0 Å². The molecule has 0 unspecified atom stereocenters. The molecule has 1 aliphatic heterocycles. The largest absolute Gasteiger partial charge is 0.494 e. The summed E-state index contributed by atoms with van der Waals surface area (Å²) in [5.41, 5.74) is 0.930. The van der Waals surface area contributed by atoms with Gasteiger partial charge in [-0.2, -0.15) is 5.10 Å². The van der Waals surface area contributed by atoms with Gasteiger partial charge in [-0.15, -0.1) is 0 Å². The lowest BCUT2D eigenvalue weighted by Gasteiger charge is -2.32. The third-order valence-electron chi connectivity index (χ3n) is 6.34. The first-order valence-corrected chi connectivity index (χ1v) is 12.0. The molecular weight excluding hydrogens is 484 g/mol. The number of hydrogen-bond donors (Lipinski definition) is 1. The monoisotopic (exact) mass is 515 g/mol. The molecule has 3 aromatic rings. The van der Waals surface area contributed by atoms with Gasteiger partial charge in [-0.1, -0.05) is 0 Å². The molecule has 12 heteroatoms. The topological polar surface area (TPSA) is 97.6 Å². The zero-order valence-electron chi connectivity index (χ0n) is 21.4. The van der Waals surface area contributed by atoms with Gasteiger partial charge in [0.05, 0.1) is 25.1 Å². The zero-order chi connectivity index (χ0) is 26.5. The first-order chi connectivity index (χ1) is 17.7. The maximum atomic E-state index is 14.4. The molecule has 0 bridgehead atoms. The number of anilines is 2. The quantitative estimate of drug-likeness (QED) is 0.465. The first-order valence-electron chi connectivity index (χ1n) is 12.0. The second kappa shape index (κ2) is 11.5. The molecule has 0 atom stereocenters. The number of likely N-dealkylation sites (N-methyl/N-ethyl adjacent to an activating group) is 1. The number of carbonyl (C=O) groups is 1. The van der Waals surface area contributed by atoms with Gasteiger partial charge in [-0.25, -0.2) is 18.7 Å². The van der Waals surface area contributed by atoms with Crippen LogP contribution in [0.25, 0.3) is 0 Å². The fourth-order valence-corrected chi connectivity index (χ4v) is 4.06. The van der Waals surface area contributed by atoms with E-state index in [2.05, 4.69) is 32.3 Å². The van der Waals surface area contributed by atoms with Crippen LogP contribution in [0, 0.1) is 18.6 Å². The van der Waals surface area contributed by atoms with Crippen LogP contribution in [0.4, 0.5) is 20.5 Å². The van der Waals surface area contributed by atoms with Crippen molar-refractivity contribution in [2.75, 3.05) is 45.7 Å². The zero-order valence-corrected chi connectivity index (χ0v) is 21.4. The smallest absolute Gasteiger partial charge is 0.228 e. The van der Waals surface area contributed by atoms with Crippen LogP contribution < -0.4 is 14.8 Å². The van der Waals surface area contributed by atoms with Gasteiger partial charge >= 0.3 is 0 Å². The van der Waals surface area contributed by atoms with Gasteiger partial charge in [-0.3, -0.25) is 9.48 Å². The van der Waals surface area contributed by atoms with E-state index in [4.69, 9.17) is 9.47 Å². The second-order valence-electron chi connectivity index (χ2n) is 8.99. The molecule has 1 saturated heterocycles. The molecule has 1 aliphatic rings. The number of nitrogens with zero attached hydrogens (tertiary/aromatic N) is 6. The van der Waals surface area contributed by atoms with Crippen LogP contribution in [-0.4, -0.2) is 75.8 Å². The number of ether oxygens (including phenoxy) is 2. The van der Waals surface area contributed by atoms with E-state index >= 15 is 0 Å². The normalized spacial score (nSPS) is 14.1. The van der Waals surface area contributed by atoms with Crippen LogP contribution in [0.3, 0.4) is 0 Å². The summed E-state index contributed by atoms with van der Waals surface area (Å²) in [6.45, 7) is 4.48. The van der Waals surface area contributed by atoms with Crippen molar-refractivity contribution in [3.63, 3.8) is 0 Å². The Morgan fingerprint density at radius 3 is 2.46 bits per heavy atom. The molecular formula is C25H31F2N7O3. The van der Waals surface area contributed by atoms with E-state index in [1.165, 1.54) is 32.5 Å². The third kappa shape index (κ3) is 6.31. The lowest BCUT2D eigenvalue weighted by Crippen LogP contribution is -2.47. The number of hydrogen-bond acceptors (Lipinski definition) is 8. The summed E-state index contributed by atoms with van der Waals surface area (Å²) >= 11 is 0. The van der Waals surface area contributed by atoms with E-state index in [0.29, 0.717) is 18.7 Å². The maximum Gasteiger partial charge on any atom is 0.228 e. The molecule has 0 aliphatic carbocycles. The van der Waals surface area contributed by atoms with Gasteiger partial charge in [0.1, 0.15) is 12.4 Å². The van der Waals surface area contributed by atoms with Crippen molar-refractivity contribution < 1.29 is 23.0 Å². The highest BCUT2D eigenvalue weighted by atomic mass is 19.1. The molecule has 3 heterocycles. The number of aryl methyl sites for hydroxylation is 3. The minimum atomic E-state index is -0.805. The van der Waals surface area contributed by atoms with Crippen molar-refractivity contribution in [3.8, 4) is 11.5 Å². The standard InChI is InChI=1S/C25H31F2N7O3/c1-16-11-20(36-4)24(27)19(23(16)26)15-37-18-13-28-25(29-14-18)30-21-12-17(33(3)31-21)5-6-22(35)34-9-7-32(2)8-10-34/h11-14H,5-10,15H2,1-4H3,(H,28,29,30,31). The fraction of sp³-hybridized carbons (Fsp3) is 0.440. The lowest BCUT2D eigenvalue weighted by molar-refractivity contribution is -0.132. The lowest BCUT2D eigenvalue weighted by atomic mass is 10.1. The SMILES string of the molecule is COc1cc(C)c(F)c(COc2cnc(Nc3cc(CCC(=O)N4CCN(C)CC4)n(C)n3)nc2)c1F. The fourth-order valence-electron chi connectivity index (χ4n) is 4.06. The molecule has 1 aromatic carbocycles. The summed E-state index contributed by atoms with van der Waals surface area (Å²) in [5, 5.41) is 7.43. The minimum absolute atomic E-state index is 0.0493. The highest BCUT2D eigenvalue weighted by molar-refractivity contribution is 5.76. The summed E-state index contributed by atoms with van der Waals surface area (Å²) in [6, 6.07) is 3.15. The van der Waals surface area contributed by atoms with Crippen LogP contribution in [0.2, 0.25) is 0 Å². The van der Waals surface area contributed by atoms with Crippen LogP contribution in [0.1, 0.15) is 23.2 Å². The Hall–Kier alpha value is -3.80. The number of benzene rings is 1. The van der Waals surface area contributed by atoms with Crippen LogP contribution in [0.5, 0.6) is 11.5 Å². The van der Waals surface area contributed by atoms with E-state index in [1.54, 1.807) is 4.68 Å². The average molecular weight is 516 g/mol. The van der Waals surface area contributed by atoms with E-state index in [9.17, 15) is 13.6 Å². The first kappa shape index (κ1) is 26.3. The molecule has 1 amide bonds. The summed E-state index contributed by atoms with van der Waals surface area (Å²) < 4.78 is 41.0. The van der Waals surface area contributed by atoms with Crippen LogP contribution >= 0.6 is 0 Å². The van der Waals surface area contributed by atoms with Crippen molar-refractivity contribution >= 4 is 17.7 Å². The number of methoxy groups -OCH3 is 1. The maximum absolute atomic E-state index is 14.4. The highest BCUT2D eigenvalue weighted by Crippen LogP contribution is 2.27. The summed E-state index contributed by atoms with van der Waals surface area (Å²) in [4.78, 5) is 25.0. The van der Waals surface area contributed by atoms with Gasteiger partial charge in [0.25, 0.3) is 0 Å². The molecule has 0 spiro atoms. The molecule has 1 N–H and O–H groups in total. The molecule has 1 fully saturated rings. The second-order valence-corrected chi connectivity index (χ2v) is 8.99. The summed E-state index contributed by atoms with van der Waals surface area (Å²) in [5.74, 6) is -0.337. The Morgan fingerprint density at radius 1 is 1.08 bits per heavy atom. The van der Waals surface area contributed by atoms with Gasteiger partial charge in [0.2, 0.25) is 11.9 Å². The number of piperazine rings is 1. The summed E-state index contributed by atoms with van der Waals surface area (Å²) in [6.07, 6.45) is 3.79. The van der Waals surface area contributed by atoms with Gasteiger partial charge in [0.15, 0.2) is 23.1 Å². The average Bonchev–Trinajstić information content (AvgIpc) is 3.24. The van der Waals surface area contributed by atoms with Gasteiger partial charge < -0.3 is 24.6 Å². The van der Waals surface area contributed by atoms with E-state index < -0.39 is 11.6 Å². The summed E-state index contributed by atoms with van der Waals surface area (Å²) in [7, 11) is 5.19. The predicted molar refractivity (Wildman–Crippen MR) is 133 cm³/mol. The molecule has 198 valence electrons. The molecule has 2 aromatic heterocycles. The van der Waals surface area contributed by atoms with Crippen molar-refractivity contribution in [1.82, 2.24) is 29.5 Å². The molecule has 10 nitrogen and oxygen atoms in total. The number of amides is 1. The molecule has 0 radical (unpaired) electrons. The van der Waals surface area contributed by atoms with E-state index in [-0.39, 0.29) is 41.1 Å². The molecule has 4 rings (SSSR count). The Labute approximate surface area is 214 Å². The van der Waals surface area contributed by atoms with Crippen molar-refractivity contribution in [3.05, 3.63) is 53.0 Å². The van der Waals surface area contributed by atoms with Crippen LogP contribution in [0.15, 0.2) is 24.5 Å². The third-order valence-corrected chi connectivity index (χ3v) is 6.34. The van der Waals surface area contributed by atoms with Crippen molar-refractivity contribution in [2.45, 2.75) is 26.4 Å². The Bertz CT molecular complexity index is 1240. The number of aromatic nitrogens is 4. The number of nitrogens with one attached hydrogen (secondary N) is 1. The number of halogens is 2. The number of carbonyl (C=O) groups excluding carboxylic acids is 1.